The molecule has 4 N–H and O–H groups in total. The number of carbonyl (C=O) groups is 1. The summed E-state index contributed by atoms with van der Waals surface area (Å²) in [5, 5.41) is 12.8. The Balaban J connectivity index is 2.00. The molecule has 0 radical (unpaired) electrons. The summed E-state index contributed by atoms with van der Waals surface area (Å²) >= 11 is 5.45. The first-order valence-corrected chi connectivity index (χ1v) is 8.11. The molecule has 0 bridgehead atoms. The Bertz CT molecular complexity index is 647. The third-order valence-electron chi connectivity index (χ3n) is 2.95. The van der Waals surface area contributed by atoms with Gasteiger partial charge in [0.2, 0.25) is 0 Å². The van der Waals surface area contributed by atoms with Crippen molar-refractivity contribution in [3.8, 4) is 0 Å². The number of nitrogen functional groups attached to an aromatic ring is 1. The summed E-state index contributed by atoms with van der Waals surface area (Å²) in [5.41, 5.74) is 7.53. The van der Waals surface area contributed by atoms with Crippen molar-refractivity contribution in [2.45, 2.75) is 6.10 Å². The maximum atomic E-state index is 12.1. The first-order valence-electron chi connectivity index (χ1n) is 6.24. The van der Waals surface area contributed by atoms with Gasteiger partial charge in [0.1, 0.15) is 0 Å². The van der Waals surface area contributed by atoms with Crippen molar-refractivity contribution in [3.63, 3.8) is 0 Å². The van der Waals surface area contributed by atoms with Gasteiger partial charge in [0.15, 0.2) is 0 Å². The Morgan fingerprint density at radius 3 is 2.62 bits per heavy atom. The maximum Gasteiger partial charge on any atom is 0.252 e. The van der Waals surface area contributed by atoms with E-state index in [4.69, 9.17) is 5.73 Å². The van der Waals surface area contributed by atoms with Crippen LogP contribution in [0.25, 0.3) is 0 Å². The van der Waals surface area contributed by atoms with E-state index >= 15 is 0 Å². The average molecular weight is 461 g/mol. The van der Waals surface area contributed by atoms with E-state index in [0.717, 1.165) is 8.04 Å². The third-order valence-corrected chi connectivity index (χ3v) is 4.38. The van der Waals surface area contributed by atoms with E-state index in [1.165, 1.54) is 0 Å². The molecule has 0 heterocycles. The van der Waals surface area contributed by atoms with Gasteiger partial charge in [-0.2, -0.15) is 0 Å². The van der Waals surface area contributed by atoms with Gasteiger partial charge in [-0.1, -0.05) is 28.1 Å². The number of anilines is 1. The Morgan fingerprint density at radius 2 is 1.95 bits per heavy atom. The minimum Gasteiger partial charge on any atom is -0.399 e. The summed E-state index contributed by atoms with van der Waals surface area (Å²) in [7, 11) is 0. The van der Waals surface area contributed by atoms with Crippen LogP contribution in [0.3, 0.4) is 0 Å². The molecule has 1 unspecified atom stereocenters. The number of amides is 1. The number of hydrogen-bond donors (Lipinski definition) is 3. The molecule has 110 valence electrons. The summed E-state index contributed by atoms with van der Waals surface area (Å²) in [5.74, 6) is -0.213. The highest BCUT2D eigenvalue weighted by atomic mass is 127. The molecule has 1 atom stereocenters. The van der Waals surface area contributed by atoms with Crippen molar-refractivity contribution in [3.05, 3.63) is 61.6 Å². The summed E-state index contributed by atoms with van der Waals surface area (Å²) in [4.78, 5) is 12.1. The average Bonchev–Trinajstić information content (AvgIpc) is 2.47. The van der Waals surface area contributed by atoms with Gasteiger partial charge in [-0.3, -0.25) is 4.79 Å². The lowest BCUT2D eigenvalue weighted by Gasteiger charge is -2.13. The van der Waals surface area contributed by atoms with Crippen molar-refractivity contribution in [2.75, 3.05) is 12.3 Å². The molecule has 0 spiro atoms. The molecule has 2 rings (SSSR count). The second-order valence-electron chi connectivity index (χ2n) is 4.52. The van der Waals surface area contributed by atoms with Gasteiger partial charge >= 0.3 is 0 Å². The highest BCUT2D eigenvalue weighted by molar-refractivity contribution is 14.1. The van der Waals surface area contributed by atoms with Gasteiger partial charge in [0, 0.05) is 20.3 Å². The molecule has 21 heavy (non-hydrogen) atoms. The van der Waals surface area contributed by atoms with E-state index in [9.17, 15) is 9.90 Å². The number of benzene rings is 2. The molecule has 0 aromatic heterocycles. The number of nitrogens with two attached hydrogens (primary N) is 1. The van der Waals surface area contributed by atoms with Crippen LogP contribution in [-0.4, -0.2) is 17.6 Å². The van der Waals surface area contributed by atoms with Crippen LogP contribution in [0.1, 0.15) is 22.0 Å². The molecule has 0 saturated carbocycles. The summed E-state index contributed by atoms with van der Waals surface area (Å²) in [6.45, 7) is 0.144. The topological polar surface area (TPSA) is 75.3 Å². The van der Waals surface area contributed by atoms with Crippen LogP contribution in [0.2, 0.25) is 0 Å². The molecule has 0 fully saturated rings. The Morgan fingerprint density at radius 1 is 1.29 bits per heavy atom. The lowest BCUT2D eigenvalue weighted by molar-refractivity contribution is 0.0915. The molecule has 0 aliphatic rings. The van der Waals surface area contributed by atoms with E-state index in [1.54, 1.807) is 30.3 Å². The second-order valence-corrected chi connectivity index (χ2v) is 6.59. The van der Waals surface area contributed by atoms with Crippen molar-refractivity contribution < 1.29 is 9.90 Å². The highest BCUT2D eigenvalue weighted by Gasteiger charge is 2.13. The summed E-state index contributed by atoms with van der Waals surface area (Å²) in [6, 6.07) is 12.4. The number of aliphatic hydroxyl groups is 1. The molecule has 2 aromatic rings. The monoisotopic (exact) mass is 460 g/mol. The Hall–Kier alpha value is -1.12. The van der Waals surface area contributed by atoms with Crippen LogP contribution in [0, 0.1) is 3.57 Å². The fourth-order valence-electron chi connectivity index (χ4n) is 1.79. The fraction of sp³-hybridized carbons (Fsp3) is 0.133. The number of halogens is 2. The van der Waals surface area contributed by atoms with Crippen molar-refractivity contribution in [1.29, 1.82) is 0 Å². The molecule has 1 amide bonds. The quantitative estimate of drug-likeness (QED) is 0.484. The largest absolute Gasteiger partial charge is 0.399 e. The smallest absolute Gasteiger partial charge is 0.252 e. The summed E-state index contributed by atoms with van der Waals surface area (Å²) in [6.07, 6.45) is -0.764. The lowest BCUT2D eigenvalue weighted by atomic mass is 10.1. The van der Waals surface area contributed by atoms with Crippen molar-refractivity contribution in [2.24, 2.45) is 0 Å². The zero-order valence-electron chi connectivity index (χ0n) is 11.0. The van der Waals surface area contributed by atoms with E-state index in [0.29, 0.717) is 16.8 Å². The van der Waals surface area contributed by atoms with E-state index in [2.05, 4.69) is 43.8 Å². The molecule has 0 aliphatic carbocycles. The normalized spacial score (nSPS) is 12.0. The first-order chi connectivity index (χ1) is 9.97. The molecule has 6 heteroatoms. The van der Waals surface area contributed by atoms with E-state index in [-0.39, 0.29) is 12.5 Å². The van der Waals surface area contributed by atoms with Gasteiger partial charge in [-0.05, 0) is 58.5 Å². The SMILES string of the molecule is Nc1ccc(C(O)CNC(=O)c2cc(Br)ccc2I)cc1. The van der Waals surface area contributed by atoms with Gasteiger partial charge in [-0.25, -0.2) is 0 Å². The minimum absolute atomic E-state index is 0.144. The summed E-state index contributed by atoms with van der Waals surface area (Å²) < 4.78 is 1.70. The van der Waals surface area contributed by atoms with Gasteiger partial charge in [0.05, 0.1) is 11.7 Å². The predicted molar refractivity (Wildman–Crippen MR) is 95.0 cm³/mol. The van der Waals surface area contributed by atoms with Gasteiger partial charge < -0.3 is 16.2 Å². The zero-order valence-corrected chi connectivity index (χ0v) is 14.8. The van der Waals surface area contributed by atoms with Crippen LogP contribution < -0.4 is 11.1 Å². The minimum atomic E-state index is -0.764. The number of rotatable bonds is 4. The van der Waals surface area contributed by atoms with Crippen LogP contribution in [0.15, 0.2) is 46.9 Å². The fourth-order valence-corrected chi connectivity index (χ4v) is 2.73. The predicted octanol–water partition coefficient (Wildman–Crippen LogP) is 3.10. The molecular weight excluding hydrogens is 447 g/mol. The van der Waals surface area contributed by atoms with Gasteiger partial charge in [0.25, 0.3) is 5.91 Å². The third kappa shape index (κ3) is 4.42. The number of aliphatic hydroxyl groups excluding tert-OH is 1. The maximum absolute atomic E-state index is 12.1. The molecule has 2 aromatic carbocycles. The van der Waals surface area contributed by atoms with Crippen LogP contribution in [0.5, 0.6) is 0 Å². The zero-order chi connectivity index (χ0) is 15.4. The number of carbonyl (C=O) groups excluding carboxylic acids is 1. The van der Waals surface area contributed by atoms with Crippen LogP contribution in [-0.2, 0) is 0 Å². The van der Waals surface area contributed by atoms with E-state index in [1.807, 2.05) is 12.1 Å². The lowest BCUT2D eigenvalue weighted by Crippen LogP contribution is -2.29. The Kier molecular flexibility index (Phi) is 5.60. The highest BCUT2D eigenvalue weighted by Crippen LogP contribution is 2.19. The van der Waals surface area contributed by atoms with Crippen LogP contribution in [0.4, 0.5) is 5.69 Å². The molecular formula is C15H14BrIN2O2. The second kappa shape index (κ2) is 7.24. The van der Waals surface area contributed by atoms with Gasteiger partial charge in [-0.15, -0.1) is 0 Å². The van der Waals surface area contributed by atoms with E-state index < -0.39 is 6.10 Å². The number of nitrogens with one attached hydrogen (secondary N) is 1. The first kappa shape index (κ1) is 16.3. The standard InChI is InChI=1S/C15H14BrIN2O2/c16-10-3-6-13(17)12(7-10)15(21)19-8-14(20)9-1-4-11(18)5-2-9/h1-7,14,20H,8,18H2,(H,19,21). The molecule has 0 saturated heterocycles. The molecule has 4 nitrogen and oxygen atoms in total. The Labute approximate surface area is 145 Å². The van der Waals surface area contributed by atoms with Crippen molar-refractivity contribution >= 4 is 50.1 Å². The van der Waals surface area contributed by atoms with Crippen molar-refractivity contribution in [1.82, 2.24) is 5.32 Å². The number of hydrogen-bond acceptors (Lipinski definition) is 3. The van der Waals surface area contributed by atoms with Crippen LogP contribution >= 0.6 is 38.5 Å². The molecule has 0 aliphatic heterocycles.